The molecule has 1 N–H and O–H groups in total. The van der Waals surface area contributed by atoms with E-state index in [-0.39, 0.29) is 5.57 Å². The summed E-state index contributed by atoms with van der Waals surface area (Å²) in [4.78, 5) is 12.4. The Morgan fingerprint density at radius 2 is 1.64 bits per heavy atom. The first-order valence-electron chi connectivity index (χ1n) is 7.40. The van der Waals surface area contributed by atoms with Crippen LogP contribution in [0.2, 0.25) is 0 Å². The van der Waals surface area contributed by atoms with Crippen LogP contribution in [0, 0.1) is 11.3 Å². The van der Waals surface area contributed by atoms with Gasteiger partial charge in [-0.05, 0) is 48.5 Å². The van der Waals surface area contributed by atoms with Gasteiger partial charge in [-0.2, -0.15) is 5.26 Å². The lowest BCUT2D eigenvalue weighted by molar-refractivity contribution is -0.112. The second-order valence-corrected chi connectivity index (χ2v) is 4.96. The first-order chi connectivity index (χ1) is 12.1. The molecule has 2 aromatic carbocycles. The summed E-state index contributed by atoms with van der Waals surface area (Å²) in [6, 6.07) is 13.9. The molecular formula is C19H18N2O4. The summed E-state index contributed by atoms with van der Waals surface area (Å²) in [7, 11) is 4.62. The van der Waals surface area contributed by atoms with Crippen molar-refractivity contribution in [3.05, 3.63) is 53.6 Å². The molecule has 2 rings (SSSR count). The first kappa shape index (κ1) is 17.9. The van der Waals surface area contributed by atoms with Crippen molar-refractivity contribution in [3.8, 4) is 23.3 Å². The van der Waals surface area contributed by atoms with Gasteiger partial charge in [-0.3, -0.25) is 4.79 Å². The van der Waals surface area contributed by atoms with Crippen LogP contribution in [-0.2, 0) is 4.79 Å². The van der Waals surface area contributed by atoms with Gasteiger partial charge in [0.1, 0.15) is 28.9 Å². The standard InChI is InChI=1S/C19H18N2O4/c1-23-16-6-4-15(5-7-16)21-19(22)14(12-20)10-13-11-17(24-2)8-9-18(13)25-3/h4-11H,1-3H3,(H,21,22). The molecule has 0 aromatic heterocycles. The Morgan fingerprint density at radius 1 is 1.00 bits per heavy atom. The molecule has 6 heteroatoms. The van der Waals surface area contributed by atoms with Gasteiger partial charge in [-0.1, -0.05) is 0 Å². The fourth-order valence-corrected chi connectivity index (χ4v) is 2.13. The molecule has 0 heterocycles. The zero-order valence-corrected chi connectivity index (χ0v) is 14.2. The van der Waals surface area contributed by atoms with Crippen LogP contribution >= 0.6 is 0 Å². The largest absolute Gasteiger partial charge is 0.497 e. The second kappa shape index (κ2) is 8.41. The average Bonchev–Trinajstić information content (AvgIpc) is 2.66. The molecule has 128 valence electrons. The minimum atomic E-state index is -0.516. The van der Waals surface area contributed by atoms with Crippen LogP contribution in [0.5, 0.6) is 17.2 Å². The topological polar surface area (TPSA) is 80.6 Å². The molecule has 25 heavy (non-hydrogen) atoms. The lowest BCUT2D eigenvalue weighted by Crippen LogP contribution is -2.13. The molecule has 0 spiro atoms. The average molecular weight is 338 g/mol. The number of hydrogen-bond acceptors (Lipinski definition) is 5. The molecule has 0 atom stereocenters. The summed E-state index contributed by atoms with van der Waals surface area (Å²) in [6.45, 7) is 0. The number of carbonyl (C=O) groups is 1. The highest BCUT2D eigenvalue weighted by Crippen LogP contribution is 2.26. The SMILES string of the molecule is COc1ccc(NC(=O)C(C#N)=Cc2cc(OC)ccc2OC)cc1. The Morgan fingerprint density at radius 3 is 2.20 bits per heavy atom. The summed E-state index contributed by atoms with van der Waals surface area (Å²) in [6.07, 6.45) is 1.46. The van der Waals surface area contributed by atoms with E-state index in [0.29, 0.717) is 28.5 Å². The molecule has 0 radical (unpaired) electrons. The van der Waals surface area contributed by atoms with E-state index in [9.17, 15) is 10.1 Å². The van der Waals surface area contributed by atoms with E-state index >= 15 is 0 Å². The van der Waals surface area contributed by atoms with E-state index in [4.69, 9.17) is 14.2 Å². The van der Waals surface area contributed by atoms with Crippen LogP contribution < -0.4 is 19.5 Å². The zero-order valence-electron chi connectivity index (χ0n) is 14.2. The number of nitriles is 1. The third kappa shape index (κ3) is 4.52. The minimum Gasteiger partial charge on any atom is -0.497 e. The molecule has 0 unspecified atom stereocenters. The van der Waals surface area contributed by atoms with Crippen LogP contribution in [0.1, 0.15) is 5.56 Å². The van der Waals surface area contributed by atoms with Gasteiger partial charge in [-0.25, -0.2) is 0 Å². The van der Waals surface area contributed by atoms with E-state index in [2.05, 4.69) is 5.32 Å². The highest BCUT2D eigenvalue weighted by Gasteiger charge is 2.12. The fourth-order valence-electron chi connectivity index (χ4n) is 2.13. The van der Waals surface area contributed by atoms with E-state index < -0.39 is 5.91 Å². The molecule has 0 saturated carbocycles. The number of rotatable bonds is 6. The Bertz CT molecular complexity index is 820. The van der Waals surface area contributed by atoms with Crippen molar-refractivity contribution < 1.29 is 19.0 Å². The van der Waals surface area contributed by atoms with Crippen molar-refractivity contribution in [2.24, 2.45) is 0 Å². The quantitative estimate of drug-likeness (QED) is 0.646. The van der Waals surface area contributed by atoms with E-state index in [0.717, 1.165) is 0 Å². The van der Waals surface area contributed by atoms with Crippen LogP contribution in [0.25, 0.3) is 6.08 Å². The summed E-state index contributed by atoms with van der Waals surface area (Å²) in [5.74, 6) is 1.29. The molecular weight excluding hydrogens is 320 g/mol. The molecule has 0 fully saturated rings. The number of benzene rings is 2. The first-order valence-corrected chi connectivity index (χ1v) is 7.40. The van der Waals surface area contributed by atoms with Crippen LogP contribution in [0.15, 0.2) is 48.0 Å². The number of hydrogen-bond donors (Lipinski definition) is 1. The number of methoxy groups -OCH3 is 3. The Balaban J connectivity index is 2.27. The summed E-state index contributed by atoms with van der Waals surface area (Å²) in [5.41, 5.74) is 1.08. The number of anilines is 1. The normalized spacial score (nSPS) is 10.6. The fraction of sp³-hybridized carbons (Fsp3) is 0.158. The van der Waals surface area contributed by atoms with Gasteiger partial charge in [0.05, 0.1) is 21.3 Å². The van der Waals surface area contributed by atoms with Crippen molar-refractivity contribution >= 4 is 17.7 Å². The van der Waals surface area contributed by atoms with Crippen molar-refractivity contribution in [3.63, 3.8) is 0 Å². The maximum absolute atomic E-state index is 12.4. The molecule has 0 bridgehead atoms. The third-order valence-corrected chi connectivity index (χ3v) is 3.45. The monoisotopic (exact) mass is 338 g/mol. The maximum atomic E-state index is 12.4. The number of amides is 1. The number of ether oxygens (including phenoxy) is 3. The van der Waals surface area contributed by atoms with Crippen molar-refractivity contribution in [1.82, 2.24) is 0 Å². The smallest absolute Gasteiger partial charge is 0.266 e. The number of nitrogens with one attached hydrogen (secondary N) is 1. The predicted molar refractivity (Wildman–Crippen MR) is 94.8 cm³/mol. The van der Waals surface area contributed by atoms with Crippen molar-refractivity contribution in [2.75, 3.05) is 26.6 Å². The summed E-state index contributed by atoms with van der Waals surface area (Å²) < 4.78 is 15.5. The van der Waals surface area contributed by atoms with Crippen LogP contribution in [-0.4, -0.2) is 27.2 Å². The van der Waals surface area contributed by atoms with Gasteiger partial charge in [0.15, 0.2) is 0 Å². The Hall–Kier alpha value is -3.46. The Kier molecular flexibility index (Phi) is 6.02. The molecule has 0 aliphatic rings. The molecule has 1 amide bonds. The van der Waals surface area contributed by atoms with Crippen molar-refractivity contribution in [2.45, 2.75) is 0 Å². The van der Waals surface area contributed by atoms with Gasteiger partial charge >= 0.3 is 0 Å². The van der Waals surface area contributed by atoms with Crippen molar-refractivity contribution in [1.29, 1.82) is 5.26 Å². The number of nitrogens with zero attached hydrogens (tertiary/aromatic N) is 1. The molecule has 2 aromatic rings. The maximum Gasteiger partial charge on any atom is 0.266 e. The predicted octanol–water partition coefficient (Wildman–Crippen LogP) is 3.26. The van der Waals surface area contributed by atoms with E-state index in [1.807, 2.05) is 6.07 Å². The van der Waals surface area contributed by atoms with Crippen LogP contribution in [0.3, 0.4) is 0 Å². The highest BCUT2D eigenvalue weighted by atomic mass is 16.5. The summed E-state index contributed by atoms with van der Waals surface area (Å²) >= 11 is 0. The second-order valence-electron chi connectivity index (χ2n) is 4.96. The van der Waals surface area contributed by atoms with Gasteiger partial charge in [0.2, 0.25) is 0 Å². The van der Waals surface area contributed by atoms with Gasteiger partial charge in [0.25, 0.3) is 5.91 Å². The lowest BCUT2D eigenvalue weighted by atomic mass is 10.1. The highest BCUT2D eigenvalue weighted by molar-refractivity contribution is 6.09. The molecule has 6 nitrogen and oxygen atoms in total. The third-order valence-electron chi connectivity index (χ3n) is 3.45. The lowest BCUT2D eigenvalue weighted by Gasteiger charge is -2.09. The molecule has 0 aliphatic carbocycles. The Labute approximate surface area is 146 Å². The van der Waals surface area contributed by atoms with Gasteiger partial charge in [-0.15, -0.1) is 0 Å². The van der Waals surface area contributed by atoms with Gasteiger partial charge < -0.3 is 19.5 Å². The zero-order chi connectivity index (χ0) is 18.2. The molecule has 0 saturated heterocycles. The van der Waals surface area contributed by atoms with E-state index in [1.54, 1.807) is 49.6 Å². The number of carbonyl (C=O) groups excluding carboxylic acids is 1. The minimum absolute atomic E-state index is 0.0534. The summed E-state index contributed by atoms with van der Waals surface area (Å²) in [5, 5.41) is 12.0. The van der Waals surface area contributed by atoms with E-state index in [1.165, 1.54) is 20.3 Å². The molecule has 0 aliphatic heterocycles. The van der Waals surface area contributed by atoms with Crippen LogP contribution in [0.4, 0.5) is 5.69 Å². The van der Waals surface area contributed by atoms with Gasteiger partial charge in [0, 0.05) is 11.3 Å².